The molecule has 0 aliphatic rings. The second kappa shape index (κ2) is 5.34. The zero-order valence-corrected chi connectivity index (χ0v) is 8.98. The monoisotopic (exact) mass is 235 g/mol. The molecule has 0 fully saturated rings. The molecule has 1 heterocycles. The van der Waals surface area contributed by atoms with Gasteiger partial charge in [-0.1, -0.05) is 24.3 Å². The summed E-state index contributed by atoms with van der Waals surface area (Å²) in [5, 5.41) is 3.10. The number of benzene rings is 1. The Morgan fingerprint density at radius 3 is 2.29 bits per heavy atom. The van der Waals surface area contributed by atoms with Gasteiger partial charge in [0, 0.05) is 12.1 Å². The summed E-state index contributed by atoms with van der Waals surface area (Å²) in [4.78, 5) is 7.72. The van der Waals surface area contributed by atoms with Gasteiger partial charge in [0.25, 0.3) is 6.43 Å². The van der Waals surface area contributed by atoms with E-state index in [-0.39, 0.29) is 5.56 Å². The third-order valence-corrected chi connectivity index (χ3v) is 2.29. The van der Waals surface area contributed by atoms with Gasteiger partial charge in [0.15, 0.2) is 0 Å². The number of anilines is 1. The third-order valence-electron chi connectivity index (χ3n) is 2.29. The van der Waals surface area contributed by atoms with Gasteiger partial charge in [-0.15, -0.1) is 0 Å². The van der Waals surface area contributed by atoms with E-state index in [9.17, 15) is 8.78 Å². The second-order valence-electron chi connectivity index (χ2n) is 3.52. The molecule has 17 heavy (non-hydrogen) atoms. The molecular formula is C12H11F2N3. The lowest BCUT2D eigenvalue weighted by Crippen LogP contribution is -2.00. The Bertz CT molecular complexity index is 457. The molecule has 0 aliphatic heterocycles. The first kappa shape index (κ1) is 11.4. The highest BCUT2D eigenvalue weighted by Gasteiger charge is 2.05. The molecule has 2 aromatic rings. The molecule has 0 saturated carbocycles. The highest BCUT2D eigenvalue weighted by atomic mass is 19.3. The van der Waals surface area contributed by atoms with Crippen molar-refractivity contribution in [2.75, 3.05) is 5.32 Å². The van der Waals surface area contributed by atoms with Crippen molar-refractivity contribution in [3.8, 4) is 0 Å². The van der Waals surface area contributed by atoms with Crippen LogP contribution in [0.4, 0.5) is 14.5 Å². The van der Waals surface area contributed by atoms with Gasteiger partial charge in [-0.25, -0.2) is 18.7 Å². The third kappa shape index (κ3) is 3.21. The lowest BCUT2D eigenvalue weighted by molar-refractivity contribution is 0.151. The van der Waals surface area contributed by atoms with Crippen LogP contribution in [0.25, 0.3) is 0 Å². The van der Waals surface area contributed by atoms with Gasteiger partial charge in [-0.05, 0) is 5.56 Å². The Balaban J connectivity index is 1.96. The summed E-state index contributed by atoms with van der Waals surface area (Å²) in [6.45, 7) is 0.552. The lowest BCUT2D eigenvalue weighted by atomic mass is 10.1. The minimum atomic E-state index is -2.42. The van der Waals surface area contributed by atoms with E-state index in [1.807, 2.05) is 0 Å². The van der Waals surface area contributed by atoms with Crippen LogP contribution in [0.15, 0.2) is 43.0 Å². The first-order chi connectivity index (χ1) is 8.25. The Labute approximate surface area is 97.5 Å². The smallest absolute Gasteiger partial charge is 0.263 e. The number of hydrogen-bond donors (Lipinski definition) is 1. The SMILES string of the molecule is FC(F)c1ccc(CNc2cncnc2)cc1. The quantitative estimate of drug-likeness (QED) is 0.885. The summed E-state index contributed by atoms with van der Waals surface area (Å²) in [6.07, 6.45) is 2.34. The maximum Gasteiger partial charge on any atom is 0.263 e. The van der Waals surface area contributed by atoms with E-state index >= 15 is 0 Å². The van der Waals surface area contributed by atoms with E-state index in [2.05, 4.69) is 15.3 Å². The van der Waals surface area contributed by atoms with Gasteiger partial charge in [-0.2, -0.15) is 0 Å². The van der Waals surface area contributed by atoms with E-state index in [1.54, 1.807) is 24.5 Å². The van der Waals surface area contributed by atoms with Crippen LogP contribution in [0.3, 0.4) is 0 Å². The van der Waals surface area contributed by atoms with E-state index < -0.39 is 6.43 Å². The van der Waals surface area contributed by atoms with Crippen LogP contribution in [-0.2, 0) is 6.54 Å². The minimum absolute atomic E-state index is 0.0387. The van der Waals surface area contributed by atoms with Crippen molar-refractivity contribution in [2.45, 2.75) is 13.0 Å². The van der Waals surface area contributed by atoms with E-state index in [0.717, 1.165) is 11.3 Å². The van der Waals surface area contributed by atoms with Crippen LogP contribution in [0.2, 0.25) is 0 Å². The van der Waals surface area contributed by atoms with Gasteiger partial charge in [0.2, 0.25) is 0 Å². The number of halogens is 2. The maximum absolute atomic E-state index is 12.3. The molecule has 1 aromatic carbocycles. The van der Waals surface area contributed by atoms with Gasteiger partial charge >= 0.3 is 0 Å². The predicted octanol–water partition coefficient (Wildman–Crippen LogP) is 3.03. The average Bonchev–Trinajstić information content (AvgIpc) is 2.38. The molecule has 1 N–H and O–H groups in total. The number of hydrogen-bond acceptors (Lipinski definition) is 3. The van der Waals surface area contributed by atoms with Crippen molar-refractivity contribution in [3.05, 3.63) is 54.1 Å². The molecular weight excluding hydrogens is 224 g/mol. The fraction of sp³-hybridized carbons (Fsp3) is 0.167. The Morgan fingerprint density at radius 1 is 1.06 bits per heavy atom. The average molecular weight is 235 g/mol. The van der Waals surface area contributed by atoms with Crippen LogP contribution in [0.1, 0.15) is 17.6 Å². The molecule has 88 valence electrons. The van der Waals surface area contributed by atoms with Gasteiger partial charge in [0.1, 0.15) is 6.33 Å². The van der Waals surface area contributed by atoms with Crippen LogP contribution in [-0.4, -0.2) is 9.97 Å². The van der Waals surface area contributed by atoms with Crippen LogP contribution < -0.4 is 5.32 Å². The summed E-state index contributed by atoms with van der Waals surface area (Å²) in [5.41, 5.74) is 1.76. The summed E-state index contributed by atoms with van der Waals surface area (Å²) in [6, 6.07) is 6.23. The molecule has 1 aromatic heterocycles. The largest absolute Gasteiger partial charge is 0.378 e. The number of nitrogens with one attached hydrogen (secondary N) is 1. The maximum atomic E-state index is 12.3. The highest BCUT2D eigenvalue weighted by molar-refractivity contribution is 5.38. The molecule has 0 atom stereocenters. The molecule has 2 rings (SSSR count). The zero-order chi connectivity index (χ0) is 12.1. The lowest BCUT2D eigenvalue weighted by Gasteiger charge is -2.06. The van der Waals surface area contributed by atoms with Crippen molar-refractivity contribution in [2.24, 2.45) is 0 Å². The first-order valence-corrected chi connectivity index (χ1v) is 5.11. The van der Waals surface area contributed by atoms with E-state index in [0.29, 0.717) is 6.54 Å². The van der Waals surface area contributed by atoms with Gasteiger partial charge < -0.3 is 5.32 Å². The molecule has 0 amide bonds. The molecule has 5 heteroatoms. The highest BCUT2D eigenvalue weighted by Crippen LogP contribution is 2.18. The number of alkyl halides is 2. The Morgan fingerprint density at radius 2 is 1.71 bits per heavy atom. The van der Waals surface area contributed by atoms with Crippen LogP contribution in [0, 0.1) is 0 Å². The Hall–Kier alpha value is -2.04. The molecule has 0 bridgehead atoms. The van der Waals surface area contributed by atoms with Crippen molar-refractivity contribution in [1.82, 2.24) is 9.97 Å². The number of aromatic nitrogens is 2. The van der Waals surface area contributed by atoms with Crippen molar-refractivity contribution >= 4 is 5.69 Å². The zero-order valence-electron chi connectivity index (χ0n) is 8.98. The summed E-state index contributed by atoms with van der Waals surface area (Å²) < 4.78 is 24.6. The summed E-state index contributed by atoms with van der Waals surface area (Å²) in [7, 11) is 0. The molecule has 3 nitrogen and oxygen atoms in total. The Kier molecular flexibility index (Phi) is 3.59. The molecule has 0 saturated heterocycles. The molecule has 0 radical (unpaired) electrons. The normalized spacial score (nSPS) is 10.5. The van der Waals surface area contributed by atoms with Crippen LogP contribution >= 0.6 is 0 Å². The fourth-order valence-electron chi connectivity index (χ4n) is 1.38. The topological polar surface area (TPSA) is 37.8 Å². The predicted molar refractivity (Wildman–Crippen MR) is 60.8 cm³/mol. The van der Waals surface area contributed by atoms with E-state index in [1.165, 1.54) is 18.5 Å². The number of rotatable bonds is 4. The summed E-state index contributed by atoms with van der Waals surface area (Å²) in [5.74, 6) is 0. The minimum Gasteiger partial charge on any atom is -0.378 e. The summed E-state index contributed by atoms with van der Waals surface area (Å²) >= 11 is 0. The van der Waals surface area contributed by atoms with Crippen molar-refractivity contribution < 1.29 is 8.78 Å². The standard InChI is InChI=1S/C12H11F2N3/c13-12(14)10-3-1-9(2-4-10)5-17-11-6-15-8-16-7-11/h1-4,6-8,12,17H,5H2. The molecule has 0 unspecified atom stereocenters. The first-order valence-electron chi connectivity index (χ1n) is 5.11. The number of nitrogens with zero attached hydrogens (tertiary/aromatic N) is 2. The van der Waals surface area contributed by atoms with Gasteiger partial charge in [-0.3, -0.25) is 0 Å². The van der Waals surface area contributed by atoms with Crippen LogP contribution in [0.5, 0.6) is 0 Å². The van der Waals surface area contributed by atoms with Crippen molar-refractivity contribution in [3.63, 3.8) is 0 Å². The molecule has 0 spiro atoms. The van der Waals surface area contributed by atoms with E-state index in [4.69, 9.17) is 0 Å². The second-order valence-corrected chi connectivity index (χ2v) is 3.52. The fourth-order valence-corrected chi connectivity index (χ4v) is 1.38. The molecule has 0 aliphatic carbocycles. The van der Waals surface area contributed by atoms with Crippen molar-refractivity contribution in [1.29, 1.82) is 0 Å². The van der Waals surface area contributed by atoms with Gasteiger partial charge in [0.05, 0.1) is 18.1 Å².